The van der Waals surface area contributed by atoms with Crippen molar-refractivity contribution in [3.8, 4) is 11.3 Å². The molecule has 1 aromatic carbocycles. The third kappa shape index (κ3) is 2.15. The highest BCUT2D eigenvalue weighted by Crippen LogP contribution is 2.33. The minimum Gasteiger partial charge on any atom is -0.465 e. The van der Waals surface area contributed by atoms with Crippen molar-refractivity contribution in [2.75, 3.05) is 0 Å². The van der Waals surface area contributed by atoms with E-state index in [1.54, 1.807) is 12.1 Å². The topological polar surface area (TPSA) is 22.4 Å². The Hall–Kier alpha value is -1.39. The molecule has 19 heavy (non-hydrogen) atoms. The first-order chi connectivity index (χ1) is 8.97. The summed E-state index contributed by atoms with van der Waals surface area (Å²) in [5.41, 5.74) is 3.29. The standard InChI is InChI=1S/C15H17FO2Si/c1-19(2,3)15-13-9-17-8-12(13)14(18-15)10-4-6-11(16)7-5-10/h4-7H,8-9H2,1-3H3. The molecule has 2 nitrogen and oxygen atoms in total. The molecule has 0 spiro atoms. The van der Waals surface area contributed by atoms with Crippen LogP contribution in [0, 0.1) is 5.82 Å². The Balaban J connectivity index is 2.15. The SMILES string of the molecule is C[Si](C)(C)c1oc(-c2ccc(F)cc2)c2c1COC2. The normalized spacial score (nSPS) is 14.7. The molecule has 100 valence electrons. The van der Waals surface area contributed by atoms with Crippen LogP contribution in [-0.4, -0.2) is 8.07 Å². The molecule has 2 aromatic rings. The Morgan fingerprint density at radius 2 is 1.63 bits per heavy atom. The van der Waals surface area contributed by atoms with Gasteiger partial charge in [0.1, 0.15) is 19.7 Å². The molecule has 4 heteroatoms. The van der Waals surface area contributed by atoms with Crippen LogP contribution in [0.15, 0.2) is 28.7 Å². The quantitative estimate of drug-likeness (QED) is 0.781. The lowest BCUT2D eigenvalue weighted by molar-refractivity contribution is 0.133. The molecule has 1 aliphatic rings. The van der Waals surface area contributed by atoms with Crippen molar-refractivity contribution < 1.29 is 13.5 Å². The molecule has 1 aliphatic heterocycles. The van der Waals surface area contributed by atoms with E-state index in [2.05, 4.69) is 19.6 Å². The van der Waals surface area contributed by atoms with Crippen molar-refractivity contribution >= 4 is 13.5 Å². The summed E-state index contributed by atoms with van der Waals surface area (Å²) < 4.78 is 24.7. The van der Waals surface area contributed by atoms with E-state index in [4.69, 9.17) is 9.15 Å². The number of benzene rings is 1. The summed E-state index contributed by atoms with van der Waals surface area (Å²) in [4.78, 5) is 0. The van der Waals surface area contributed by atoms with Gasteiger partial charge in [-0.15, -0.1) is 0 Å². The van der Waals surface area contributed by atoms with Gasteiger partial charge in [0.2, 0.25) is 0 Å². The first-order valence-electron chi connectivity index (χ1n) is 6.45. The Kier molecular flexibility index (Phi) is 2.87. The fourth-order valence-corrected chi connectivity index (χ4v) is 4.04. The molecule has 1 aromatic heterocycles. The second-order valence-corrected chi connectivity index (χ2v) is 10.9. The maximum Gasteiger partial charge on any atom is 0.139 e. The third-order valence-electron chi connectivity index (χ3n) is 3.40. The minimum absolute atomic E-state index is 0.228. The van der Waals surface area contributed by atoms with Gasteiger partial charge in [-0.1, -0.05) is 19.6 Å². The Morgan fingerprint density at radius 3 is 2.26 bits per heavy atom. The van der Waals surface area contributed by atoms with Gasteiger partial charge in [-0.2, -0.15) is 0 Å². The zero-order valence-electron chi connectivity index (χ0n) is 11.4. The van der Waals surface area contributed by atoms with Crippen molar-refractivity contribution in [3.63, 3.8) is 0 Å². The predicted octanol–water partition coefficient (Wildman–Crippen LogP) is 3.66. The zero-order valence-corrected chi connectivity index (χ0v) is 12.4. The van der Waals surface area contributed by atoms with Gasteiger partial charge in [-0.05, 0) is 24.3 Å². The molecule has 0 saturated heterocycles. The summed E-state index contributed by atoms with van der Waals surface area (Å²) in [7, 11) is -1.53. The van der Waals surface area contributed by atoms with Crippen LogP contribution in [0.1, 0.15) is 11.1 Å². The van der Waals surface area contributed by atoms with E-state index in [-0.39, 0.29) is 5.82 Å². The number of ether oxygens (including phenoxy) is 1. The summed E-state index contributed by atoms with van der Waals surface area (Å²) in [6.07, 6.45) is 0. The first kappa shape index (κ1) is 12.6. The molecule has 0 amide bonds. The Labute approximate surface area is 113 Å². The van der Waals surface area contributed by atoms with Crippen LogP contribution in [0.5, 0.6) is 0 Å². The van der Waals surface area contributed by atoms with E-state index in [0.29, 0.717) is 13.2 Å². The molecular formula is C15H17FO2Si. The molecule has 0 unspecified atom stereocenters. The average Bonchev–Trinajstić information content (AvgIpc) is 2.89. The highest BCUT2D eigenvalue weighted by molar-refractivity contribution is 6.88. The molecule has 3 rings (SSSR count). The fraction of sp³-hybridized carbons (Fsp3) is 0.333. The number of rotatable bonds is 2. The number of furan rings is 1. The van der Waals surface area contributed by atoms with Crippen LogP contribution in [0.2, 0.25) is 19.6 Å². The largest absolute Gasteiger partial charge is 0.465 e. The maximum atomic E-state index is 13.0. The summed E-state index contributed by atoms with van der Waals surface area (Å²) in [6.45, 7) is 8.02. The van der Waals surface area contributed by atoms with E-state index in [1.807, 2.05) is 0 Å². The van der Waals surface area contributed by atoms with Gasteiger partial charge in [-0.3, -0.25) is 0 Å². The molecule has 0 radical (unpaired) electrons. The Bertz CT molecular complexity index is 608. The monoisotopic (exact) mass is 276 g/mol. The van der Waals surface area contributed by atoms with Crippen molar-refractivity contribution in [1.29, 1.82) is 0 Å². The van der Waals surface area contributed by atoms with Gasteiger partial charge in [-0.25, -0.2) is 4.39 Å². The molecule has 0 saturated carbocycles. The van der Waals surface area contributed by atoms with Crippen molar-refractivity contribution in [2.24, 2.45) is 0 Å². The van der Waals surface area contributed by atoms with Crippen LogP contribution in [0.4, 0.5) is 4.39 Å². The predicted molar refractivity (Wildman–Crippen MR) is 75.6 cm³/mol. The first-order valence-corrected chi connectivity index (χ1v) is 9.95. The van der Waals surface area contributed by atoms with E-state index < -0.39 is 8.07 Å². The highest BCUT2D eigenvalue weighted by atomic mass is 28.3. The van der Waals surface area contributed by atoms with Gasteiger partial charge in [0.25, 0.3) is 0 Å². The van der Waals surface area contributed by atoms with E-state index in [0.717, 1.165) is 22.3 Å². The van der Waals surface area contributed by atoms with Crippen molar-refractivity contribution in [3.05, 3.63) is 41.2 Å². The summed E-state index contributed by atoms with van der Waals surface area (Å²) in [5.74, 6) is 0.624. The van der Waals surface area contributed by atoms with Crippen LogP contribution < -0.4 is 5.38 Å². The average molecular weight is 276 g/mol. The van der Waals surface area contributed by atoms with Gasteiger partial charge in [0.05, 0.1) is 18.6 Å². The van der Waals surface area contributed by atoms with Crippen molar-refractivity contribution in [1.82, 2.24) is 0 Å². The second kappa shape index (κ2) is 4.32. The van der Waals surface area contributed by atoms with Crippen LogP contribution in [0.25, 0.3) is 11.3 Å². The van der Waals surface area contributed by atoms with E-state index in [9.17, 15) is 4.39 Å². The zero-order chi connectivity index (χ0) is 13.6. The third-order valence-corrected chi connectivity index (χ3v) is 5.16. The molecular weight excluding hydrogens is 259 g/mol. The lowest BCUT2D eigenvalue weighted by Crippen LogP contribution is -2.38. The number of halogens is 1. The second-order valence-electron chi connectivity index (χ2n) is 5.97. The van der Waals surface area contributed by atoms with Crippen LogP contribution in [0.3, 0.4) is 0 Å². The van der Waals surface area contributed by atoms with Crippen molar-refractivity contribution in [2.45, 2.75) is 32.9 Å². The van der Waals surface area contributed by atoms with Gasteiger partial charge in [0, 0.05) is 16.7 Å². The van der Waals surface area contributed by atoms with Gasteiger partial charge in [0.15, 0.2) is 0 Å². The lowest BCUT2D eigenvalue weighted by atomic mass is 10.1. The molecule has 0 fully saturated rings. The highest BCUT2D eigenvalue weighted by Gasteiger charge is 2.32. The lowest BCUT2D eigenvalue weighted by Gasteiger charge is -2.14. The molecule has 0 N–H and O–H groups in total. The number of hydrogen-bond donors (Lipinski definition) is 0. The molecule has 2 heterocycles. The van der Waals surface area contributed by atoms with Crippen LogP contribution >= 0.6 is 0 Å². The van der Waals surface area contributed by atoms with Crippen LogP contribution in [-0.2, 0) is 18.0 Å². The molecule has 0 aliphatic carbocycles. The van der Waals surface area contributed by atoms with Gasteiger partial charge < -0.3 is 9.15 Å². The van der Waals surface area contributed by atoms with E-state index in [1.165, 1.54) is 17.7 Å². The molecule has 0 atom stereocenters. The number of fused-ring (bicyclic) bond motifs is 1. The maximum absolute atomic E-state index is 13.0. The number of hydrogen-bond acceptors (Lipinski definition) is 2. The minimum atomic E-state index is -1.53. The summed E-state index contributed by atoms with van der Waals surface area (Å²) >= 11 is 0. The summed E-state index contributed by atoms with van der Waals surface area (Å²) in [5, 5.41) is 1.11. The smallest absolute Gasteiger partial charge is 0.139 e. The van der Waals surface area contributed by atoms with E-state index >= 15 is 0 Å². The summed E-state index contributed by atoms with van der Waals surface area (Å²) in [6, 6.07) is 6.46. The Morgan fingerprint density at radius 1 is 1.00 bits per heavy atom. The molecule has 0 bridgehead atoms. The fourth-order valence-electron chi connectivity index (χ4n) is 2.50. The van der Waals surface area contributed by atoms with Gasteiger partial charge >= 0.3 is 0 Å².